The summed E-state index contributed by atoms with van der Waals surface area (Å²) in [6.07, 6.45) is 1.80. The fourth-order valence-corrected chi connectivity index (χ4v) is 4.50. The van der Waals surface area contributed by atoms with Gasteiger partial charge in [0.05, 0.1) is 23.2 Å². The van der Waals surface area contributed by atoms with Crippen LogP contribution in [-0.2, 0) is 6.54 Å². The van der Waals surface area contributed by atoms with E-state index in [0.29, 0.717) is 6.54 Å². The third-order valence-electron chi connectivity index (χ3n) is 4.65. The molecular weight excluding hydrogens is 473 g/mol. The second-order valence-corrected chi connectivity index (χ2v) is 7.91. The van der Waals surface area contributed by atoms with Gasteiger partial charge < -0.3 is 20.3 Å². The van der Waals surface area contributed by atoms with Crippen molar-refractivity contribution in [1.82, 2.24) is 20.2 Å². The van der Waals surface area contributed by atoms with Crippen molar-refractivity contribution in [2.75, 3.05) is 31.1 Å². The van der Waals surface area contributed by atoms with Crippen LogP contribution in [0.15, 0.2) is 29.3 Å². The number of halogens is 1. The van der Waals surface area contributed by atoms with Gasteiger partial charge >= 0.3 is 0 Å². The van der Waals surface area contributed by atoms with Crippen molar-refractivity contribution >= 4 is 52.7 Å². The van der Waals surface area contributed by atoms with E-state index in [-0.39, 0.29) is 24.0 Å². The van der Waals surface area contributed by atoms with Gasteiger partial charge in [-0.1, -0.05) is 12.1 Å². The molecule has 2 heterocycles. The summed E-state index contributed by atoms with van der Waals surface area (Å²) in [6.45, 7) is 7.12. The number of rotatable bonds is 7. The predicted octanol–water partition coefficient (Wildman–Crippen LogP) is 2.78. The summed E-state index contributed by atoms with van der Waals surface area (Å²) in [4.78, 5) is 9.20. The summed E-state index contributed by atoms with van der Waals surface area (Å²) in [5.41, 5.74) is 1.60. The number of nitrogens with one attached hydrogen (secondary N) is 2. The number of aryl methyl sites for hydroxylation is 2. The Morgan fingerprint density at radius 1 is 1.37 bits per heavy atom. The van der Waals surface area contributed by atoms with Gasteiger partial charge in [-0.3, -0.25) is 4.99 Å². The lowest BCUT2D eigenvalue weighted by molar-refractivity contribution is 0.0778. The first-order chi connectivity index (χ1) is 12.6. The predicted molar refractivity (Wildman–Crippen MR) is 125 cm³/mol. The summed E-state index contributed by atoms with van der Waals surface area (Å²) in [5.74, 6) is 3.63. The van der Waals surface area contributed by atoms with E-state index >= 15 is 0 Å². The number of aliphatic imine (C=N–C) groups is 1. The molecule has 2 aromatic rings. The molecule has 1 aliphatic rings. The zero-order valence-electron chi connectivity index (χ0n) is 16.1. The van der Waals surface area contributed by atoms with Crippen LogP contribution in [0.2, 0.25) is 0 Å². The largest absolute Gasteiger partial charge is 0.387 e. The highest BCUT2D eigenvalue weighted by Gasteiger charge is 2.31. The van der Waals surface area contributed by atoms with E-state index in [4.69, 9.17) is 0 Å². The minimum absolute atomic E-state index is 0. The Balaban J connectivity index is 0.00000261. The van der Waals surface area contributed by atoms with Gasteiger partial charge in [0, 0.05) is 25.4 Å². The third kappa shape index (κ3) is 5.99. The number of guanidine groups is 1. The number of hydrogen-bond acceptors (Lipinski definition) is 4. The molecule has 1 aromatic heterocycles. The first-order valence-electron chi connectivity index (χ1n) is 9.35. The van der Waals surface area contributed by atoms with Gasteiger partial charge in [0.1, 0.15) is 5.82 Å². The number of thioether (sulfide) groups is 1. The third-order valence-corrected chi connectivity index (χ3v) is 5.89. The Labute approximate surface area is 182 Å². The van der Waals surface area contributed by atoms with Gasteiger partial charge in [-0.05, 0) is 44.6 Å². The average molecular weight is 503 g/mol. The molecule has 8 heteroatoms. The van der Waals surface area contributed by atoms with Crippen molar-refractivity contribution in [3.8, 4) is 0 Å². The molecule has 150 valence electrons. The fraction of sp³-hybridized carbons (Fsp3) is 0.579. The van der Waals surface area contributed by atoms with E-state index in [2.05, 4.69) is 57.2 Å². The molecule has 0 saturated carbocycles. The molecule has 1 atom stereocenters. The Morgan fingerprint density at radius 3 is 2.93 bits per heavy atom. The first kappa shape index (κ1) is 22.3. The van der Waals surface area contributed by atoms with E-state index in [1.165, 1.54) is 5.52 Å². The lowest BCUT2D eigenvalue weighted by atomic mass is 10.1. The van der Waals surface area contributed by atoms with Crippen LogP contribution in [0.4, 0.5) is 0 Å². The molecule has 1 aliphatic heterocycles. The maximum absolute atomic E-state index is 10.4. The zero-order chi connectivity index (χ0) is 18.4. The standard InChI is InChI=1S/C19H29N5OS.HI/c1-3-20-18(22-13-19(25)9-12-26-14-19)21-10-6-11-24-15(2)23-16-7-4-5-8-17(16)24;/h4-5,7-8,25H,3,6,9-14H2,1-2H3,(H2,20,21,22);1H. The van der Waals surface area contributed by atoms with Crippen LogP contribution in [0.25, 0.3) is 11.0 Å². The van der Waals surface area contributed by atoms with Crippen molar-refractivity contribution in [3.05, 3.63) is 30.1 Å². The van der Waals surface area contributed by atoms with Crippen LogP contribution in [0, 0.1) is 6.92 Å². The molecule has 0 bridgehead atoms. The van der Waals surface area contributed by atoms with Crippen molar-refractivity contribution in [1.29, 1.82) is 0 Å². The Bertz CT molecular complexity index is 758. The highest BCUT2D eigenvalue weighted by atomic mass is 127. The summed E-state index contributed by atoms with van der Waals surface area (Å²) < 4.78 is 2.26. The van der Waals surface area contributed by atoms with E-state index in [9.17, 15) is 5.11 Å². The van der Waals surface area contributed by atoms with Crippen LogP contribution in [0.3, 0.4) is 0 Å². The van der Waals surface area contributed by atoms with Crippen LogP contribution < -0.4 is 10.6 Å². The van der Waals surface area contributed by atoms with E-state index < -0.39 is 5.60 Å². The second-order valence-electron chi connectivity index (χ2n) is 6.80. The van der Waals surface area contributed by atoms with Crippen molar-refractivity contribution in [2.24, 2.45) is 4.99 Å². The Kier molecular flexibility index (Phi) is 8.68. The number of benzene rings is 1. The number of aliphatic hydroxyl groups is 1. The van der Waals surface area contributed by atoms with Gasteiger partial charge in [0.15, 0.2) is 5.96 Å². The number of fused-ring (bicyclic) bond motifs is 1. The maximum Gasteiger partial charge on any atom is 0.191 e. The topological polar surface area (TPSA) is 74.5 Å². The summed E-state index contributed by atoms with van der Waals surface area (Å²) >= 11 is 1.80. The van der Waals surface area contributed by atoms with E-state index in [1.807, 2.05) is 6.07 Å². The molecule has 0 aliphatic carbocycles. The van der Waals surface area contributed by atoms with Crippen molar-refractivity contribution in [3.63, 3.8) is 0 Å². The van der Waals surface area contributed by atoms with E-state index in [1.54, 1.807) is 11.8 Å². The average Bonchev–Trinajstić information content (AvgIpc) is 3.20. The SMILES string of the molecule is CCNC(=NCC1(O)CCSC1)NCCCn1c(C)nc2ccccc21.I. The number of nitrogens with zero attached hydrogens (tertiary/aromatic N) is 3. The molecule has 6 nitrogen and oxygen atoms in total. The lowest BCUT2D eigenvalue weighted by Gasteiger charge is -2.20. The van der Waals surface area contributed by atoms with Gasteiger partial charge in [-0.2, -0.15) is 11.8 Å². The minimum Gasteiger partial charge on any atom is -0.387 e. The number of aromatic nitrogens is 2. The summed E-state index contributed by atoms with van der Waals surface area (Å²) in [5, 5.41) is 17.1. The van der Waals surface area contributed by atoms with Crippen LogP contribution in [0.5, 0.6) is 0 Å². The lowest BCUT2D eigenvalue weighted by Crippen LogP contribution is -2.40. The quantitative estimate of drug-likeness (QED) is 0.235. The van der Waals surface area contributed by atoms with Crippen molar-refractivity contribution < 1.29 is 5.11 Å². The van der Waals surface area contributed by atoms with Crippen molar-refractivity contribution in [2.45, 2.75) is 38.8 Å². The molecule has 0 spiro atoms. The molecule has 0 amide bonds. The summed E-state index contributed by atoms with van der Waals surface area (Å²) in [7, 11) is 0. The van der Waals surface area contributed by atoms with Crippen LogP contribution in [0.1, 0.15) is 25.6 Å². The molecule has 3 N–H and O–H groups in total. The molecule has 1 saturated heterocycles. The number of imidazole rings is 1. The molecular formula is C19H30IN5OS. The Morgan fingerprint density at radius 2 is 2.19 bits per heavy atom. The number of para-hydroxylation sites is 2. The monoisotopic (exact) mass is 503 g/mol. The second kappa shape index (κ2) is 10.5. The van der Waals surface area contributed by atoms with Crippen LogP contribution in [-0.4, -0.2) is 57.4 Å². The Hall–Kier alpha value is -1.000. The fourth-order valence-electron chi connectivity index (χ4n) is 3.21. The van der Waals surface area contributed by atoms with Gasteiger partial charge in [0.25, 0.3) is 0 Å². The highest BCUT2D eigenvalue weighted by Crippen LogP contribution is 2.27. The van der Waals surface area contributed by atoms with Gasteiger partial charge in [-0.15, -0.1) is 24.0 Å². The molecule has 3 rings (SSSR count). The van der Waals surface area contributed by atoms with Crippen LogP contribution >= 0.6 is 35.7 Å². The highest BCUT2D eigenvalue weighted by molar-refractivity contribution is 14.0. The molecule has 1 unspecified atom stereocenters. The van der Waals surface area contributed by atoms with E-state index in [0.717, 1.165) is 61.3 Å². The van der Waals surface area contributed by atoms with Gasteiger partial charge in [-0.25, -0.2) is 4.98 Å². The minimum atomic E-state index is -0.639. The molecule has 1 fully saturated rings. The summed E-state index contributed by atoms with van der Waals surface area (Å²) in [6, 6.07) is 8.25. The zero-order valence-corrected chi connectivity index (χ0v) is 19.2. The smallest absolute Gasteiger partial charge is 0.191 e. The molecule has 0 radical (unpaired) electrons. The van der Waals surface area contributed by atoms with Gasteiger partial charge in [0.2, 0.25) is 0 Å². The number of hydrogen-bond donors (Lipinski definition) is 3. The molecule has 1 aromatic carbocycles. The normalized spacial score (nSPS) is 19.9. The maximum atomic E-state index is 10.4. The first-order valence-corrected chi connectivity index (χ1v) is 10.5. The molecule has 27 heavy (non-hydrogen) atoms.